The van der Waals surface area contributed by atoms with Gasteiger partial charge in [0, 0.05) is 26.2 Å². The Morgan fingerprint density at radius 1 is 1.50 bits per heavy atom. The molecule has 0 radical (unpaired) electrons. The first kappa shape index (κ1) is 11.5. The number of hydrogen-bond acceptors (Lipinski definition) is 3. The quantitative estimate of drug-likeness (QED) is 0.641. The number of terminal acetylenes is 1. The van der Waals surface area contributed by atoms with Crippen molar-refractivity contribution in [1.29, 1.82) is 0 Å². The van der Waals surface area contributed by atoms with Crippen LogP contribution in [0.2, 0.25) is 0 Å². The van der Waals surface area contributed by atoms with Crippen molar-refractivity contribution < 1.29 is 4.74 Å². The smallest absolute Gasteiger partial charge is 0.0684 e. The van der Waals surface area contributed by atoms with Crippen molar-refractivity contribution in [2.75, 3.05) is 39.4 Å². The van der Waals surface area contributed by atoms with Crippen molar-refractivity contribution in [3.8, 4) is 12.3 Å². The average molecular weight is 196 g/mol. The van der Waals surface area contributed by atoms with Gasteiger partial charge >= 0.3 is 0 Å². The molecule has 0 bridgehead atoms. The first-order valence-electron chi connectivity index (χ1n) is 5.36. The summed E-state index contributed by atoms with van der Waals surface area (Å²) in [5.74, 6) is 2.74. The van der Waals surface area contributed by atoms with E-state index in [0.717, 1.165) is 45.8 Å². The number of nitrogens with one attached hydrogen (secondary N) is 1. The molecule has 1 atom stereocenters. The molecule has 1 fully saturated rings. The molecule has 1 N–H and O–H groups in total. The fourth-order valence-corrected chi connectivity index (χ4v) is 1.54. The zero-order valence-corrected chi connectivity index (χ0v) is 8.96. The van der Waals surface area contributed by atoms with Crippen LogP contribution in [0.1, 0.15) is 13.3 Å². The van der Waals surface area contributed by atoms with Gasteiger partial charge in [0.2, 0.25) is 0 Å². The van der Waals surface area contributed by atoms with E-state index in [1.54, 1.807) is 0 Å². The van der Waals surface area contributed by atoms with E-state index in [9.17, 15) is 0 Å². The van der Waals surface area contributed by atoms with Crippen molar-refractivity contribution in [3.05, 3.63) is 0 Å². The second kappa shape index (κ2) is 6.83. The van der Waals surface area contributed by atoms with Gasteiger partial charge in [-0.2, -0.15) is 0 Å². The van der Waals surface area contributed by atoms with Gasteiger partial charge in [0.25, 0.3) is 0 Å². The Kier molecular flexibility index (Phi) is 5.62. The van der Waals surface area contributed by atoms with Gasteiger partial charge in [-0.3, -0.25) is 4.90 Å². The van der Waals surface area contributed by atoms with Gasteiger partial charge in [0.1, 0.15) is 0 Å². The lowest BCUT2D eigenvalue weighted by atomic mass is 10.2. The highest BCUT2D eigenvalue weighted by Gasteiger charge is 2.09. The predicted octanol–water partition coefficient (Wildman–Crippen LogP) is 0.320. The Labute approximate surface area is 86.8 Å². The van der Waals surface area contributed by atoms with Crippen molar-refractivity contribution in [2.45, 2.75) is 19.4 Å². The summed E-state index contributed by atoms with van der Waals surface area (Å²) in [5, 5.41) is 3.35. The van der Waals surface area contributed by atoms with Crippen molar-refractivity contribution in [2.24, 2.45) is 0 Å². The first-order valence-corrected chi connectivity index (χ1v) is 5.36. The summed E-state index contributed by atoms with van der Waals surface area (Å²) in [6, 6.07) is 0.232. The first-order chi connectivity index (χ1) is 6.86. The molecule has 1 heterocycles. The molecule has 1 aliphatic heterocycles. The van der Waals surface area contributed by atoms with Gasteiger partial charge in [-0.1, -0.05) is 12.8 Å². The third-order valence-corrected chi connectivity index (χ3v) is 2.53. The summed E-state index contributed by atoms with van der Waals surface area (Å²) < 4.78 is 5.28. The molecule has 3 nitrogen and oxygen atoms in total. The molecule has 14 heavy (non-hydrogen) atoms. The van der Waals surface area contributed by atoms with E-state index < -0.39 is 0 Å². The van der Waals surface area contributed by atoms with Crippen LogP contribution in [-0.4, -0.2) is 50.3 Å². The van der Waals surface area contributed by atoms with Crippen LogP contribution >= 0.6 is 0 Å². The Hall–Kier alpha value is -0.560. The van der Waals surface area contributed by atoms with Crippen LogP contribution in [0.4, 0.5) is 0 Å². The third kappa shape index (κ3) is 4.10. The second-order valence-electron chi connectivity index (χ2n) is 3.54. The van der Waals surface area contributed by atoms with Gasteiger partial charge in [0.05, 0.1) is 19.3 Å². The van der Waals surface area contributed by atoms with Crippen LogP contribution < -0.4 is 5.32 Å². The SMILES string of the molecule is C#CC(CC)NCCN1CCOCC1. The number of rotatable bonds is 5. The van der Waals surface area contributed by atoms with Crippen LogP contribution in [0, 0.1) is 12.3 Å². The normalized spacial score (nSPS) is 20.3. The lowest BCUT2D eigenvalue weighted by Gasteiger charge is -2.27. The van der Waals surface area contributed by atoms with Gasteiger partial charge in [-0.25, -0.2) is 0 Å². The molecule has 0 aliphatic carbocycles. The molecule has 0 saturated carbocycles. The van der Waals surface area contributed by atoms with E-state index in [4.69, 9.17) is 11.2 Å². The molecule has 3 heteroatoms. The Morgan fingerprint density at radius 3 is 2.79 bits per heavy atom. The summed E-state index contributed by atoms with van der Waals surface area (Å²) >= 11 is 0. The van der Waals surface area contributed by atoms with E-state index >= 15 is 0 Å². The predicted molar refractivity (Wildman–Crippen MR) is 58.2 cm³/mol. The molecule has 80 valence electrons. The minimum Gasteiger partial charge on any atom is -0.379 e. The maximum Gasteiger partial charge on any atom is 0.0684 e. The molecule has 0 aromatic heterocycles. The molecule has 1 saturated heterocycles. The zero-order valence-electron chi connectivity index (χ0n) is 8.96. The minimum atomic E-state index is 0.232. The van der Waals surface area contributed by atoms with Crippen LogP contribution in [0.15, 0.2) is 0 Å². The molecule has 1 unspecified atom stereocenters. The van der Waals surface area contributed by atoms with Crippen LogP contribution in [0.25, 0.3) is 0 Å². The van der Waals surface area contributed by atoms with Gasteiger partial charge in [-0.05, 0) is 6.42 Å². The third-order valence-electron chi connectivity index (χ3n) is 2.53. The summed E-state index contributed by atoms with van der Waals surface area (Å²) in [6.45, 7) is 7.98. The summed E-state index contributed by atoms with van der Waals surface area (Å²) in [7, 11) is 0. The monoisotopic (exact) mass is 196 g/mol. The van der Waals surface area contributed by atoms with Crippen LogP contribution in [-0.2, 0) is 4.74 Å². The largest absolute Gasteiger partial charge is 0.379 e. The number of hydrogen-bond donors (Lipinski definition) is 1. The van der Waals surface area contributed by atoms with Gasteiger partial charge in [-0.15, -0.1) is 6.42 Å². The summed E-state index contributed by atoms with van der Waals surface area (Å²) in [5.41, 5.74) is 0. The molecule has 0 amide bonds. The fraction of sp³-hybridized carbons (Fsp3) is 0.818. The molecule has 1 aliphatic rings. The van der Waals surface area contributed by atoms with E-state index in [1.165, 1.54) is 0 Å². The van der Waals surface area contributed by atoms with Crippen molar-refractivity contribution in [1.82, 2.24) is 10.2 Å². The summed E-state index contributed by atoms with van der Waals surface area (Å²) in [4.78, 5) is 2.40. The number of nitrogens with zero attached hydrogens (tertiary/aromatic N) is 1. The van der Waals surface area contributed by atoms with Crippen LogP contribution in [0.3, 0.4) is 0 Å². The molecule has 1 rings (SSSR count). The zero-order chi connectivity index (χ0) is 10.2. The number of ether oxygens (including phenoxy) is 1. The molecular formula is C11H20N2O. The average Bonchev–Trinajstić information content (AvgIpc) is 2.26. The van der Waals surface area contributed by atoms with Crippen molar-refractivity contribution in [3.63, 3.8) is 0 Å². The van der Waals surface area contributed by atoms with E-state index in [1.807, 2.05) is 0 Å². The second-order valence-corrected chi connectivity index (χ2v) is 3.54. The van der Waals surface area contributed by atoms with Crippen LogP contribution in [0.5, 0.6) is 0 Å². The lowest BCUT2D eigenvalue weighted by molar-refractivity contribution is 0.0383. The Bertz CT molecular complexity index is 182. The molecular weight excluding hydrogens is 176 g/mol. The highest BCUT2D eigenvalue weighted by molar-refractivity contribution is 4.97. The van der Waals surface area contributed by atoms with E-state index in [-0.39, 0.29) is 6.04 Å². The van der Waals surface area contributed by atoms with E-state index in [0.29, 0.717) is 0 Å². The highest BCUT2D eigenvalue weighted by Crippen LogP contribution is 1.95. The maximum atomic E-state index is 5.36. The topological polar surface area (TPSA) is 24.5 Å². The molecule has 0 aromatic rings. The molecule has 0 spiro atoms. The Morgan fingerprint density at radius 2 is 2.21 bits per heavy atom. The standard InChI is InChI=1S/C11H20N2O/c1-3-11(4-2)12-5-6-13-7-9-14-10-8-13/h1,11-12H,4-10H2,2H3. The van der Waals surface area contributed by atoms with Gasteiger partial charge in [0.15, 0.2) is 0 Å². The Balaban J connectivity index is 2.05. The number of morpholine rings is 1. The van der Waals surface area contributed by atoms with Crippen molar-refractivity contribution >= 4 is 0 Å². The highest BCUT2D eigenvalue weighted by atomic mass is 16.5. The van der Waals surface area contributed by atoms with E-state index in [2.05, 4.69) is 23.1 Å². The molecule has 0 aromatic carbocycles. The summed E-state index contributed by atoms with van der Waals surface area (Å²) in [6.07, 6.45) is 6.36. The van der Waals surface area contributed by atoms with Gasteiger partial charge < -0.3 is 10.1 Å². The fourth-order valence-electron chi connectivity index (χ4n) is 1.54. The minimum absolute atomic E-state index is 0.232. The maximum absolute atomic E-state index is 5.36. The lowest BCUT2D eigenvalue weighted by Crippen LogP contribution is -2.41.